The lowest BCUT2D eigenvalue weighted by Crippen LogP contribution is -2.35. The second kappa shape index (κ2) is 4.15. The summed E-state index contributed by atoms with van der Waals surface area (Å²) in [7, 11) is 0. The van der Waals surface area contributed by atoms with Crippen LogP contribution in [0.2, 0.25) is 0 Å². The van der Waals surface area contributed by atoms with Crippen LogP contribution in [0.5, 0.6) is 0 Å². The average molecular weight is 231 g/mol. The van der Waals surface area contributed by atoms with Gasteiger partial charge in [-0.1, -0.05) is 6.07 Å². The molecule has 0 radical (unpaired) electrons. The number of aryl methyl sites for hydroxylation is 2. The Bertz CT molecular complexity index is 532. The second-order valence-corrected chi connectivity index (χ2v) is 5.77. The van der Waals surface area contributed by atoms with Crippen molar-refractivity contribution in [3.8, 4) is 0 Å². The van der Waals surface area contributed by atoms with E-state index in [0.717, 1.165) is 23.4 Å². The van der Waals surface area contributed by atoms with Crippen LogP contribution < -0.4 is 5.32 Å². The highest BCUT2D eigenvalue weighted by Crippen LogP contribution is 2.18. The van der Waals surface area contributed by atoms with Crippen molar-refractivity contribution in [2.45, 2.75) is 46.7 Å². The Labute approximate surface area is 103 Å². The molecule has 0 amide bonds. The van der Waals surface area contributed by atoms with E-state index >= 15 is 0 Å². The van der Waals surface area contributed by atoms with Crippen LogP contribution in [-0.4, -0.2) is 15.5 Å². The summed E-state index contributed by atoms with van der Waals surface area (Å²) >= 11 is 0. The van der Waals surface area contributed by atoms with Gasteiger partial charge in [0.05, 0.1) is 17.6 Å². The van der Waals surface area contributed by atoms with Crippen LogP contribution in [0.25, 0.3) is 11.0 Å². The lowest BCUT2D eigenvalue weighted by molar-refractivity contribution is 0.419. The molecule has 0 fully saturated rings. The van der Waals surface area contributed by atoms with Crippen molar-refractivity contribution in [1.29, 1.82) is 0 Å². The molecule has 0 saturated heterocycles. The van der Waals surface area contributed by atoms with Crippen molar-refractivity contribution >= 4 is 11.0 Å². The molecule has 1 heterocycles. The van der Waals surface area contributed by atoms with Gasteiger partial charge < -0.3 is 10.3 Å². The summed E-state index contributed by atoms with van der Waals surface area (Å²) in [6.45, 7) is 11.5. The quantitative estimate of drug-likeness (QED) is 0.834. The molecular formula is C14H21N3. The van der Waals surface area contributed by atoms with Gasteiger partial charge in [0.15, 0.2) is 0 Å². The van der Waals surface area contributed by atoms with Gasteiger partial charge in [0.2, 0.25) is 0 Å². The molecule has 0 unspecified atom stereocenters. The highest BCUT2D eigenvalue weighted by atomic mass is 15.0. The standard InChI is InChI=1S/C14H21N3/c1-9-6-10(2)13-11(7-9)16-12(17-13)8-15-14(3,4)5/h6-7,15H,8H2,1-5H3,(H,16,17). The van der Waals surface area contributed by atoms with E-state index in [1.54, 1.807) is 0 Å². The first kappa shape index (κ1) is 12.1. The average Bonchev–Trinajstić information content (AvgIpc) is 2.56. The highest BCUT2D eigenvalue weighted by molar-refractivity contribution is 5.79. The van der Waals surface area contributed by atoms with Crippen LogP contribution in [0.15, 0.2) is 12.1 Å². The molecule has 92 valence electrons. The van der Waals surface area contributed by atoms with E-state index in [0.29, 0.717) is 0 Å². The lowest BCUT2D eigenvalue weighted by Gasteiger charge is -2.19. The molecule has 0 aliphatic carbocycles. The summed E-state index contributed by atoms with van der Waals surface area (Å²) in [4.78, 5) is 8.01. The third-order valence-corrected chi connectivity index (χ3v) is 2.76. The van der Waals surface area contributed by atoms with Gasteiger partial charge in [0.1, 0.15) is 5.82 Å². The summed E-state index contributed by atoms with van der Waals surface area (Å²) in [5.74, 6) is 1.00. The molecule has 0 atom stereocenters. The molecule has 0 bridgehead atoms. The summed E-state index contributed by atoms with van der Waals surface area (Å²) in [5, 5.41) is 3.44. The Kier molecular flexibility index (Phi) is 2.96. The number of hydrogen-bond acceptors (Lipinski definition) is 2. The maximum atomic E-state index is 4.64. The van der Waals surface area contributed by atoms with E-state index in [9.17, 15) is 0 Å². The van der Waals surface area contributed by atoms with Crippen molar-refractivity contribution in [3.63, 3.8) is 0 Å². The minimum Gasteiger partial charge on any atom is -0.341 e. The fourth-order valence-corrected chi connectivity index (χ4v) is 1.95. The number of imidazole rings is 1. The maximum absolute atomic E-state index is 4.64. The Morgan fingerprint density at radius 2 is 1.94 bits per heavy atom. The van der Waals surface area contributed by atoms with Crippen LogP contribution in [0.1, 0.15) is 37.7 Å². The number of nitrogens with one attached hydrogen (secondary N) is 2. The molecule has 0 spiro atoms. The van der Waals surface area contributed by atoms with Gasteiger partial charge in [-0.2, -0.15) is 0 Å². The van der Waals surface area contributed by atoms with Crippen LogP contribution in [0.3, 0.4) is 0 Å². The minimum atomic E-state index is 0.115. The summed E-state index contributed by atoms with van der Waals surface area (Å²) < 4.78 is 0. The number of fused-ring (bicyclic) bond motifs is 1. The number of rotatable bonds is 2. The number of nitrogens with zero attached hydrogens (tertiary/aromatic N) is 1. The summed E-state index contributed by atoms with van der Waals surface area (Å²) in [6, 6.07) is 4.32. The zero-order valence-electron chi connectivity index (χ0n) is 11.3. The van der Waals surface area contributed by atoms with Gasteiger partial charge in [-0.05, 0) is 51.8 Å². The van der Waals surface area contributed by atoms with E-state index in [2.05, 4.69) is 62.0 Å². The molecular weight excluding hydrogens is 210 g/mol. The largest absolute Gasteiger partial charge is 0.341 e. The number of hydrogen-bond donors (Lipinski definition) is 2. The van der Waals surface area contributed by atoms with E-state index < -0.39 is 0 Å². The van der Waals surface area contributed by atoms with Crippen molar-refractivity contribution in [1.82, 2.24) is 15.3 Å². The summed E-state index contributed by atoms with van der Waals surface area (Å²) in [5.41, 5.74) is 4.84. The van der Waals surface area contributed by atoms with Gasteiger partial charge in [-0.15, -0.1) is 0 Å². The molecule has 2 rings (SSSR count). The van der Waals surface area contributed by atoms with Crippen molar-refractivity contribution < 1.29 is 0 Å². The molecule has 1 aromatic carbocycles. The Hall–Kier alpha value is -1.35. The minimum absolute atomic E-state index is 0.115. The zero-order chi connectivity index (χ0) is 12.6. The first-order chi connectivity index (χ1) is 7.85. The van der Waals surface area contributed by atoms with Crippen LogP contribution in [0.4, 0.5) is 0 Å². The SMILES string of the molecule is Cc1cc(C)c2nc(CNC(C)(C)C)[nH]c2c1. The number of aromatic nitrogens is 2. The molecule has 3 nitrogen and oxygen atoms in total. The highest BCUT2D eigenvalue weighted by Gasteiger charge is 2.11. The number of benzene rings is 1. The van der Waals surface area contributed by atoms with Gasteiger partial charge in [0.25, 0.3) is 0 Å². The predicted octanol–water partition coefficient (Wildman–Crippen LogP) is 3.07. The molecule has 1 aromatic heterocycles. The Morgan fingerprint density at radius 1 is 1.24 bits per heavy atom. The van der Waals surface area contributed by atoms with Crippen LogP contribution in [-0.2, 0) is 6.54 Å². The molecule has 0 aliphatic heterocycles. The van der Waals surface area contributed by atoms with Gasteiger partial charge in [-0.25, -0.2) is 4.98 Å². The third kappa shape index (κ3) is 2.86. The zero-order valence-corrected chi connectivity index (χ0v) is 11.3. The van der Waals surface area contributed by atoms with Gasteiger partial charge in [-0.3, -0.25) is 0 Å². The van der Waals surface area contributed by atoms with Gasteiger partial charge in [0, 0.05) is 5.54 Å². The van der Waals surface area contributed by atoms with Crippen molar-refractivity contribution in [3.05, 3.63) is 29.1 Å². The third-order valence-electron chi connectivity index (χ3n) is 2.76. The fraction of sp³-hybridized carbons (Fsp3) is 0.500. The van der Waals surface area contributed by atoms with E-state index in [1.165, 1.54) is 11.1 Å². The molecule has 2 aromatic rings. The van der Waals surface area contributed by atoms with Crippen molar-refractivity contribution in [2.75, 3.05) is 0 Å². The number of H-pyrrole nitrogens is 1. The molecule has 3 heteroatoms. The first-order valence-corrected chi connectivity index (χ1v) is 6.06. The topological polar surface area (TPSA) is 40.7 Å². The normalized spacial score (nSPS) is 12.3. The summed E-state index contributed by atoms with van der Waals surface area (Å²) in [6.07, 6.45) is 0. The monoisotopic (exact) mass is 231 g/mol. The van der Waals surface area contributed by atoms with E-state index in [1.807, 2.05) is 0 Å². The Morgan fingerprint density at radius 3 is 2.59 bits per heavy atom. The maximum Gasteiger partial charge on any atom is 0.121 e. The molecule has 0 aliphatic rings. The van der Waals surface area contributed by atoms with E-state index in [-0.39, 0.29) is 5.54 Å². The van der Waals surface area contributed by atoms with Crippen molar-refractivity contribution in [2.24, 2.45) is 0 Å². The van der Waals surface area contributed by atoms with Gasteiger partial charge >= 0.3 is 0 Å². The fourth-order valence-electron chi connectivity index (χ4n) is 1.95. The second-order valence-electron chi connectivity index (χ2n) is 5.77. The van der Waals surface area contributed by atoms with E-state index in [4.69, 9.17) is 0 Å². The predicted molar refractivity (Wildman–Crippen MR) is 72.2 cm³/mol. The lowest BCUT2D eigenvalue weighted by atomic mass is 10.1. The smallest absolute Gasteiger partial charge is 0.121 e. The molecule has 17 heavy (non-hydrogen) atoms. The number of aromatic amines is 1. The Balaban J connectivity index is 2.29. The molecule has 2 N–H and O–H groups in total. The van der Waals surface area contributed by atoms with Crippen LogP contribution in [0, 0.1) is 13.8 Å². The van der Waals surface area contributed by atoms with Crippen LogP contribution >= 0.6 is 0 Å². The first-order valence-electron chi connectivity index (χ1n) is 6.06. The molecule has 0 saturated carbocycles.